The Balaban J connectivity index is 1.52. The van der Waals surface area contributed by atoms with E-state index < -0.39 is 6.10 Å². The van der Waals surface area contributed by atoms with Gasteiger partial charge in [-0.2, -0.15) is 5.10 Å². The highest BCUT2D eigenvalue weighted by molar-refractivity contribution is 6.30. The van der Waals surface area contributed by atoms with Gasteiger partial charge in [0.25, 0.3) is 5.56 Å². The van der Waals surface area contributed by atoms with E-state index in [9.17, 15) is 9.90 Å². The van der Waals surface area contributed by atoms with E-state index in [1.54, 1.807) is 24.5 Å². The average molecular weight is 419 g/mol. The molecule has 0 amide bonds. The van der Waals surface area contributed by atoms with Crippen LogP contribution in [0.3, 0.4) is 0 Å². The summed E-state index contributed by atoms with van der Waals surface area (Å²) in [6.07, 6.45) is 9.40. The fraction of sp³-hybridized carbons (Fsp3) is 0.600. The first-order chi connectivity index (χ1) is 14.1. The second-order valence-corrected chi connectivity index (χ2v) is 8.28. The summed E-state index contributed by atoms with van der Waals surface area (Å²) in [5, 5.41) is 18.8. The summed E-state index contributed by atoms with van der Waals surface area (Å²) in [4.78, 5) is 23.1. The molecule has 3 heterocycles. The molecule has 8 nitrogen and oxygen atoms in total. The minimum Gasteiger partial charge on any atom is -0.391 e. The van der Waals surface area contributed by atoms with Gasteiger partial charge in [-0.1, -0.05) is 24.4 Å². The standard InChI is InChI=1S/C20H27ClN6O2/c21-14-11-22-20(23-12-14)24-13-15-5-3-4-10-26(15)18-8-9-19(29)27(25-18)16-6-1-2-7-17(16)28/h8-9,11-12,15-17,28H,1-7,10,13H2,(H,22,23,24). The van der Waals surface area contributed by atoms with Crippen molar-refractivity contribution in [1.82, 2.24) is 19.7 Å². The van der Waals surface area contributed by atoms with Gasteiger partial charge in [0.2, 0.25) is 5.95 Å². The van der Waals surface area contributed by atoms with Crippen molar-refractivity contribution in [2.45, 2.75) is 63.1 Å². The molecule has 2 aromatic heterocycles. The fourth-order valence-corrected chi connectivity index (χ4v) is 4.41. The summed E-state index contributed by atoms with van der Waals surface area (Å²) >= 11 is 5.85. The first-order valence-corrected chi connectivity index (χ1v) is 10.8. The maximum Gasteiger partial charge on any atom is 0.267 e. The highest BCUT2D eigenvalue weighted by atomic mass is 35.5. The van der Waals surface area contributed by atoms with Crippen molar-refractivity contribution < 1.29 is 5.11 Å². The number of rotatable bonds is 5. The van der Waals surface area contributed by atoms with Crippen LogP contribution in [0, 0.1) is 0 Å². The number of halogens is 1. The molecule has 9 heteroatoms. The van der Waals surface area contributed by atoms with Crippen LogP contribution in [0.2, 0.25) is 5.02 Å². The molecule has 1 aliphatic heterocycles. The van der Waals surface area contributed by atoms with Crippen molar-refractivity contribution in [2.24, 2.45) is 0 Å². The Bertz CT molecular complexity index is 874. The lowest BCUT2D eigenvalue weighted by Gasteiger charge is -2.37. The number of anilines is 2. The predicted octanol–water partition coefficient (Wildman–Crippen LogP) is 2.63. The molecule has 0 bridgehead atoms. The lowest BCUT2D eigenvalue weighted by Crippen LogP contribution is -2.45. The number of nitrogens with zero attached hydrogens (tertiary/aromatic N) is 5. The smallest absolute Gasteiger partial charge is 0.267 e. The Labute approximate surface area is 174 Å². The molecule has 0 radical (unpaired) electrons. The zero-order valence-electron chi connectivity index (χ0n) is 16.4. The summed E-state index contributed by atoms with van der Waals surface area (Å²) < 4.78 is 1.50. The molecule has 3 atom stereocenters. The lowest BCUT2D eigenvalue weighted by atomic mass is 9.93. The van der Waals surface area contributed by atoms with Gasteiger partial charge in [0.05, 0.1) is 29.6 Å². The lowest BCUT2D eigenvalue weighted by molar-refractivity contribution is 0.0669. The Morgan fingerprint density at radius 3 is 2.66 bits per heavy atom. The first-order valence-electron chi connectivity index (χ1n) is 10.4. The van der Waals surface area contributed by atoms with Gasteiger partial charge in [0.1, 0.15) is 5.82 Å². The van der Waals surface area contributed by atoms with Crippen LogP contribution in [0.1, 0.15) is 51.0 Å². The molecule has 2 aromatic rings. The van der Waals surface area contributed by atoms with Crippen molar-refractivity contribution in [3.63, 3.8) is 0 Å². The summed E-state index contributed by atoms with van der Waals surface area (Å²) in [5.74, 6) is 1.33. The van der Waals surface area contributed by atoms with Crippen LogP contribution < -0.4 is 15.8 Å². The molecular weight excluding hydrogens is 392 g/mol. The van der Waals surface area contributed by atoms with Crippen LogP contribution in [0.5, 0.6) is 0 Å². The quantitative estimate of drug-likeness (QED) is 0.770. The zero-order chi connectivity index (χ0) is 20.2. The summed E-state index contributed by atoms with van der Waals surface area (Å²) in [5.41, 5.74) is -0.152. The molecule has 0 aromatic carbocycles. The highest BCUT2D eigenvalue weighted by Crippen LogP contribution is 2.28. The highest BCUT2D eigenvalue weighted by Gasteiger charge is 2.28. The summed E-state index contributed by atoms with van der Waals surface area (Å²) in [7, 11) is 0. The molecule has 1 aliphatic carbocycles. The molecule has 2 fully saturated rings. The van der Waals surface area contributed by atoms with Crippen LogP contribution in [0.4, 0.5) is 11.8 Å². The van der Waals surface area contributed by atoms with E-state index in [0.29, 0.717) is 17.5 Å². The van der Waals surface area contributed by atoms with Gasteiger partial charge in [-0.05, 0) is 38.2 Å². The molecular formula is C20H27ClN6O2. The van der Waals surface area contributed by atoms with Crippen LogP contribution in [0.25, 0.3) is 0 Å². The molecule has 4 rings (SSSR count). The van der Waals surface area contributed by atoms with Crippen LogP contribution in [0.15, 0.2) is 29.3 Å². The van der Waals surface area contributed by atoms with Gasteiger partial charge >= 0.3 is 0 Å². The molecule has 2 aliphatic rings. The topological polar surface area (TPSA) is 96.2 Å². The van der Waals surface area contributed by atoms with E-state index >= 15 is 0 Å². The average Bonchev–Trinajstić information content (AvgIpc) is 2.75. The second-order valence-electron chi connectivity index (χ2n) is 7.84. The molecule has 3 unspecified atom stereocenters. The molecule has 29 heavy (non-hydrogen) atoms. The van der Waals surface area contributed by atoms with Gasteiger partial charge < -0.3 is 15.3 Å². The SMILES string of the molecule is O=c1ccc(N2CCCCC2CNc2ncc(Cl)cn2)nn1C1CCCCC1O. The second kappa shape index (κ2) is 9.09. The van der Waals surface area contributed by atoms with E-state index in [2.05, 4.69) is 25.3 Å². The maximum absolute atomic E-state index is 12.4. The number of piperidine rings is 1. The van der Waals surface area contributed by atoms with E-state index in [1.165, 1.54) is 4.68 Å². The molecule has 0 spiro atoms. The Kier molecular flexibility index (Phi) is 6.30. The third-order valence-corrected chi connectivity index (χ3v) is 6.05. The van der Waals surface area contributed by atoms with Crippen LogP contribution in [-0.2, 0) is 0 Å². The van der Waals surface area contributed by atoms with Gasteiger partial charge in [0, 0.05) is 25.2 Å². The maximum atomic E-state index is 12.4. The number of hydrogen-bond acceptors (Lipinski definition) is 7. The van der Waals surface area contributed by atoms with E-state index in [0.717, 1.165) is 57.3 Å². The Morgan fingerprint density at radius 2 is 1.86 bits per heavy atom. The molecule has 2 N–H and O–H groups in total. The number of aliphatic hydroxyl groups is 1. The molecule has 1 saturated carbocycles. The van der Waals surface area contributed by atoms with Crippen molar-refractivity contribution in [1.29, 1.82) is 0 Å². The third kappa shape index (κ3) is 4.70. The first kappa shape index (κ1) is 20.1. The third-order valence-electron chi connectivity index (χ3n) is 5.86. The van der Waals surface area contributed by atoms with Crippen molar-refractivity contribution in [3.8, 4) is 0 Å². The Hall–Kier alpha value is -2.19. The van der Waals surface area contributed by atoms with E-state index in [4.69, 9.17) is 11.6 Å². The summed E-state index contributed by atoms with van der Waals surface area (Å²) in [6, 6.07) is 3.36. The van der Waals surface area contributed by atoms with Crippen LogP contribution in [-0.4, -0.2) is 50.1 Å². The minimum atomic E-state index is -0.509. The molecule has 156 valence electrons. The van der Waals surface area contributed by atoms with Gasteiger partial charge in [0.15, 0.2) is 0 Å². The largest absolute Gasteiger partial charge is 0.391 e. The van der Waals surface area contributed by atoms with E-state index in [1.807, 2.05) is 0 Å². The van der Waals surface area contributed by atoms with Gasteiger partial charge in [-0.25, -0.2) is 14.6 Å². The van der Waals surface area contributed by atoms with Gasteiger partial charge in [-0.15, -0.1) is 0 Å². The minimum absolute atomic E-state index is 0.152. The van der Waals surface area contributed by atoms with Crippen LogP contribution >= 0.6 is 11.6 Å². The molecule has 1 saturated heterocycles. The normalized spacial score (nSPS) is 25.0. The number of nitrogens with one attached hydrogen (secondary N) is 1. The monoisotopic (exact) mass is 418 g/mol. The number of aliphatic hydroxyl groups excluding tert-OH is 1. The van der Waals surface area contributed by atoms with E-state index in [-0.39, 0.29) is 17.6 Å². The van der Waals surface area contributed by atoms with Gasteiger partial charge in [-0.3, -0.25) is 4.79 Å². The van der Waals surface area contributed by atoms with Crippen molar-refractivity contribution in [2.75, 3.05) is 23.3 Å². The number of aromatic nitrogens is 4. The van der Waals surface area contributed by atoms with Crippen molar-refractivity contribution in [3.05, 3.63) is 39.9 Å². The fourth-order valence-electron chi connectivity index (χ4n) is 4.31. The zero-order valence-corrected chi connectivity index (χ0v) is 17.1. The Morgan fingerprint density at radius 1 is 1.10 bits per heavy atom. The number of hydrogen-bond donors (Lipinski definition) is 2. The van der Waals surface area contributed by atoms with Crippen molar-refractivity contribution >= 4 is 23.4 Å². The predicted molar refractivity (Wildman–Crippen MR) is 113 cm³/mol. The summed E-state index contributed by atoms with van der Waals surface area (Å²) in [6.45, 7) is 1.56.